The number of rotatable bonds is 1. The number of hydrogen-bond acceptors (Lipinski definition) is 1. The maximum Gasteiger partial charge on any atom is 0.0708 e. The maximum atomic E-state index is 4.27. The van der Waals surface area contributed by atoms with Gasteiger partial charge in [0.25, 0.3) is 0 Å². The van der Waals surface area contributed by atoms with E-state index < -0.39 is 0 Å². The molecule has 1 saturated carbocycles. The zero-order valence-electron chi connectivity index (χ0n) is 7.33. The number of fused-ring (bicyclic) bond motifs is 1. The van der Waals surface area contributed by atoms with Crippen LogP contribution in [0.25, 0.3) is 10.9 Å². The summed E-state index contributed by atoms with van der Waals surface area (Å²) in [6, 6.07) is 11.6. The van der Waals surface area contributed by atoms with Crippen molar-refractivity contribution < 1.29 is 0 Å². The van der Waals surface area contributed by atoms with E-state index in [-0.39, 0.29) is 0 Å². The fourth-order valence-electron chi connectivity index (χ4n) is 1.70. The lowest BCUT2D eigenvalue weighted by molar-refractivity contribution is 1.13. The van der Waals surface area contributed by atoms with Crippen molar-refractivity contribution in [1.82, 2.24) is 4.98 Å². The molecule has 1 aromatic carbocycles. The fraction of sp³-hybridized carbons (Fsp3) is 0.250. The molecular weight excluding hydrogens is 158 g/mol. The van der Waals surface area contributed by atoms with Gasteiger partial charge in [-0.25, -0.2) is 0 Å². The Morgan fingerprint density at radius 2 is 2.23 bits per heavy atom. The molecule has 1 aromatic heterocycles. The highest BCUT2D eigenvalue weighted by atomic mass is 14.6. The van der Waals surface area contributed by atoms with E-state index in [0.29, 0.717) is 0 Å². The molecule has 1 aliphatic rings. The molecule has 13 heavy (non-hydrogen) atoms. The van der Waals surface area contributed by atoms with Crippen LogP contribution < -0.4 is 0 Å². The van der Waals surface area contributed by atoms with Crippen LogP contribution in [0.3, 0.4) is 0 Å². The molecule has 0 amide bonds. The van der Waals surface area contributed by atoms with Gasteiger partial charge in [0, 0.05) is 11.6 Å². The van der Waals surface area contributed by atoms with Crippen LogP contribution in [0.5, 0.6) is 0 Å². The minimum absolute atomic E-state index is 0.818. The summed E-state index contributed by atoms with van der Waals surface area (Å²) >= 11 is 0. The topological polar surface area (TPSA) is 12.9 Å². The third kappa shape index (κ3) is 1.21. The van der Waals surface area contributed by atoms with Gasteiger partial charge in [0.05, 0.1) is 5.52 Å². The van der Waals surface area contributed by atoms with Gasteiger partial charge in [-0.2, -0.15) is 0 Å². The highest BCUT2D eigenvalue weighted by Crippen LogP contribution is 2.40. The largest absolute Gasteiger partial charge is 0.256 e. The van der Waals surface area contributed by atoms with Crippen molar-refractivity contribution >= 4 is 10.9 Å². The van der Waals surface area contributed by atoms with E-state index in [1.165, 1.54) is 18.4 Å². The number of nitrogens with zero attached hydrogens (tertiary/aromatic N) is 1. The van der Waals surface area contributed by atoms with Gasteiger partial charge in [-0.05, 0) is 48.6 Å². The zero-order chi connectivity index (χ0) is 8.67. The van der Waals surface area contributed by atoms with Crippen LogP contribution in [0.1, 0.15) is 24.3 Å². The Morgan fingerprint density at radius 1 is 1.31 bits per heavy atom. The highest BCUT2D eigenvalue weighted by Gasteiger charge is 2.23. The predicted octanol–water partition coefficient (Wildman–Crippen LogP) is 2.91. The molecule has 3 rings (SSSR count). The van der Waals surface area contributed by atoms with Crippen LogP contribution >= 0.6 is 0 Å². The SMILES string of the molecule is [c]1ccnc2ccc(C3CC3)cc12. The fourth-order valence-corrected chi connectivity index (χ4v) is 1.70. The Balaban J connectivity index is 2.21. The summed E-state index contributed by atoms with van der Waals surface area (Å²) in [4.78, 5) is 4.27. The smallest absolute Gasteiger partial charge is 0.0708 e. The van der Waals surface area contributed by atoms with Gasteiger partial charge in [-0.15, -0.1) is 0 Å². The third-order valence-electron chi connectivity index (χ3n) is 2.60. The summed E-state index contributed by atoms with van der Waals surface area (Å²) in [7, 11) is 0. The summed E-state index contributed by atoms with van der Waals surface area (Å²) in [5, 5.41) is 1.15. The van der Waals surface area contributed by atoms with Crippen LogP contribution in [0, 0.1) is 6.07 Å². The lowest BCUT2D eigenvalue weighted by Crippen LogP contribution is -1.81. The predicted molar refractivity (Wildman–Crippen MR) is 52.6 cm³/mol. The molecule has 0 atom stereocenters. The van der Waals surface area contributed by atoms with Crippen molar-refractivity contribution in [3.63, 3.8) is 0 Å². The van der Waals surface area contributed by atoms with Gasteiger partial charge in [-0.1, -0.05) is 6.07 Å². The van der Waals surface area contributed by atoms with Crippen LogP contribution in [0.15, 0.2) is 30.5 Å². The van der Waals surface area contributed by atoms with Crippen molar-refractivity contribution in [2.45, 2.75) is 18.8 Å². The van der Waals surface area contributed by atoms with Gasteiger partial charge in [0.1, 0.15) is 0 Å². The monoisotopic (exact) mass is 168 g/mol. The van der Waals surface area contributed by atoms with E-state index in [2.05, 4.69) is 29.2 Å². The second-order valence-corrected chi connectivity index (χ2v) is 3.64. The summed E-state index contributed by atoms with van der Waals surface area (Å²) in [5.41, 5.74) is 2.50. The quantitative estimate of drug-likeness (QED) is 0.638. The summed E-state index contributed by atoms with van der Waals surface area (Å²) in [5.74, 6) is 0.818. The minimum atomic E-state index is 0.818. The number of benzene rings is 1. The number of pyridine rings is 1. The van der Waals surface area contributed by atoms with Crippen LogP contribution in [0.2, 0.25) is 0 Å². The molecule has 0 saturated heterocycles. The van der Waals surface area contributed by atoms with E-state index in [4.69, 9.17) is 0 Å². The van der Waals surface area contributed by atoms with Crippen molar-refractivity contribution in [3.8, 4) is 0 Å². The Labute approximate surface area is 77.4 Å². The molecule has 1 aliphatic carbocycles. The molecule has 0 bridgehead atoms. The van der Waals surface area contributed by atoms with Crippen LogP contribution in [-0.2, 0) is 0 Å². The number of aromatic nitrogens is 1. The summed E-state index contributed by atoms with van der Waals surface area (Å²) in [6.07, 6.45) is 4.50. The molecule has 0 N–H and O–H groups in total. The Kier molecular flexibility index (Phi) is 1.39. The first kappa shape index (κ1) is 7.07. The number of hydrogen-bond donors (Lipinski definition) is 0. The molecule has 1 radical (unpaired) electrons. The van der Waals surface area contributed by atoms with Gasteiger partial charge >= 0.3 is 0 Å². The van der Waals surface area contributed by atoms with Crippen LogP contribution in [-0.4, -0.2) is 4.98 Å². The van der Waals surface area contributed by atoms with Gasteiger partial charge in [-0.3, -0.25) is 4.98 Å². The second-order valence-electron chi connectivity index (χ2n) is 3.64. The molecule has 63 valence electrons. The first-order chi connectivity index (χ1) is 6.43. The van der Waals surface area contributed by atoms with E-state index in [9.17, 15) is 0 Å². The standard InChI is InChI=1S/C12H10N/c1-2-11-8-10(9-3-4-9)5-6-12(11)13-7-1/h1,5-9H,3-4H2. The van der Waals surface area contributed by atoms with Crippen molar-refractivity contribution in [3.05, 3.63) is 42.1 Å². The van der Waals surface area contributed by atoms with Crippen molar-refractivity contribution in [2.75, 3.05) is 0 Å². The minimum Gasteiger partial charge on any atom is -0.256 e. The van der Waals surface area contributed by atoms with Crippen molar-refractivity contribution in [1.29, 1.82) is 0 Å². The summed E-state index contributed by atoms with van der Waals surface area (Å²) < 4.78 is 0. The van der Waals surface area contributed by atoms with Crippen LogP contribution in [0.4, 0.5) is 0 Å². The highest BCUT2D eigenvalue weighted by molar-refractivity contribution is 5.78. The first-order valence-electron chi connectivity index (χ1n) is 4.70. The first-order valence-corrected chi connectivity index (χ1v) is 4.70. The summed E-state index contributed by atoms with van der Waals surface area (Å²) in [6.45, 7) is 0. The molecule has 0 unspecified atom stereocenters. The van der Waals surface area contributed by atoms with E-state index >= 15 is 0 Å². The lowest BCUT2D eigenvalue weighted by Gasteiger charge is -1.99. The molecule has 1 nitrogen and oxygen atoms in total. The Hall–Kier alpha value is -1.37. The molecule has 1 fully saturated rings. The Bertz CT molecular complexity index is 444. The second kappa shape index (κ2) is 2.56. The normalized spacial score (nSPS) is 16.3. The molecule has 2 aromatic rings. The average Bonchev–Trinajstić information content (AvgIpc) is 3.00. The third-order valence-corrected chi connectivity index (χ3v) is 2.60. The molecule has 0 spiro atoms. The van der Waals surface area contributed by atoms with Gasteiger partial charge in [0.2, 0.25) is 0 Å². The Morgan fingerprint density at radius 3 is 3.08 bits per heavy atom. The maximum absolute atomic E-state index is 4.27. The van der Waals surface area contributed by atoms with E-state index in [1.54, 1.807) is 6.20 Å². The van der Waals surface area contributed by atoms with E-state index in [1.807, 2.05) is 6.07 Å². The average molecular weight is 168 g/mol. The molecule has 1 heteroatoms. The lowest BCUT2D eigenvalue weighted by atomic mass is 10.1. The van der Waals surface area contributed by atoms with Crippen molar-refractivity contribution in [2.24, 2.45) is 0 Å². The van der Waals surface area contributed by atoms with E-state index in [0.717, 1.165) is 16.8 Å². The molecular formula is C12H10N. The molecule has 0 aliphatic heterocycles. The molecule has 1 heterocycles. The van der Waals surface area contributed by atoms with Gasteiger partial charge < -0.3 is 0 Å². The van der Waals surface area contributed by atoms with Gasteiger partial charge in [0.15, 0.2) is 0 Å². The zero-order valence-corrected chi connectivity index (χ0v) is 7.33.